The van der Waals surface area contributed by atoms with Gasteiger partial charge in [-0.3, -0.25) is 14.9 Å². The van der Waals surface area contributed by atoms with Gasteiger partial charge in [0.1, 0.15) is 11.4 Å². The molecule has 5 nitrogen and oxygen atoms in total. The summed E-state index contributed by atoms with van der Waals surface area (Å²) in [6.07, 6.45) is 8.36. The highest BCUT2D eigenvalue weighted by atomic mass is 19.1. The lowest BCUT2D eigenvalue weighted by atomic mass is 9.77. The first-order valence-corrected chi connectivity index (χ1v) is 9.80. The molecule has 1 aliphatic rings. The highest BCUT2D eigenvalue weighted by Gasteiger charge is 2.47. The Morgan fingerprint density at radius 2 is 1.66 bits per heavy atom. The molecule has 3 heterocycles. The SMILES string of the molecule is OCC1CCCN1C(c1ccc(F)cc1)C(O)(c1cccnc1)c1cccnc1. The van der Waals surface area contributed by atoms with Crippen LogP contribution >= 0.6 is 0 Å². The van der Waals surface area contributed by atoms with E-state index < -0.39 is 11.6 Å². The van der Waals surface area contributed by atoms with Gasteiger partial charge in [0.2, 0.25) is 0 Å². The average Bonchev–Trinajstić information content (AvgIpc) is 3.24. The molecule has 2 atom stereocenters. The zero-order chi connectivity index (χ0) is 20.3. The van der Waals surface area contributed by atoms with Gasteiger partial charge in [-0.1, -0.05) is 24.3 Å². The van der Waals surface area contributed by atoms with Crippen molar-refractivity contribution in [2.75, 3.05) is 13.2 Å². The molecule has 2 unspecified atom stereocenters. The number of halogens is 1. The smallest absolute Gasteiger partial charge is 0.137 e. The van der Waals surface area contributed by atoms with Crippen molar-refractivity contribution in [3.05, 3.63) is 95.8 Å². The van der Waals surface area contributed by atoms with Crippen molar-refractivity contribution in [3.63, 3.8) is 0 Å². The molecule has 1 aliphatic heterocycles. The Labute approximate surface area is 169 Å². The minimum absolute atomic E-state index is 0.00610. The van der Waals surface area contributed by atoms with E-state index in [9.17, 15) is 14.6 Å². The summed E-state index contributed by atoms with van der Waals surface area (Å²) in [5.74, 6) is -0.334. The maximum Gasteiger partial charge on any atom is 0.137 e. The molecule has 1 saturated heterocycles. The van der Waals surface area contributed by atoms with E-state index >= 15 is 0 Å². The number of rotatable bonds is 6. The molecule has 0 radical (unpaired) electrons. The summed E-state index contributed by atoms with van der Waals surface area (Å²) < 4.78 is 13.7. The molecule has 0 saturated carbocycles. The molecule has 3 aromatic rings. The van der Waals surface area contributed by atoms with Crippen molar-refractivity contribution in [1.29, 1.82) is 0 Å². The van der Waals surface area contributed by atoms with E-state index in [0.29, 0.717) is 11.1 Å². The Morgan fingerprint density at radius 1 is 1.03 bits per heavy atom. The molecular weight excluding hydrogens is 369 g/mol. The van der Waals surface area contributed by atoms with E-state index in [1.54, 1.807) is 49.1 Å². The van der Waals surface area contributed by atoms with Gasteiger partial charge in [-0.2, -0.15) is 0 Å². The predicted octanol–water partition coefficient (Wildman–Crippen LogP) is 3.05. The number of pyridine rings is 2. The van der Waals surface area contributed by atoms with E-state index in [-0.39, 0.29) is 18.5 Å². The summed E-state index contributed by atoms with van der Waals surface area (Å²) in [5, 5.41) is 22.3. The zero-order valence-electron chi connectivity index (χ0n) is 16.0. The van der Waals surface area contributed by atoms with Crippen LogP contribution in [0.3, 0.4) is 0 Å². The Morgan fingerprint density at radius 3 is 2.17 bits per heavy atom. The third-order valence-corrected chi connectivity index (χ3v) is 5.75. The molecule has 0 spiro atoms. The molecule has 2 aromatic heterocycles. The minimum atomic E-state index is -1.49. The van der Waals surface area contributed by atoms with Crippen LogP contribution in [0, 0.1) is 5.82 Å². The topological polar surface area (TPSA) is 69.5 Å². The molecule has 1 aromatic carbocycles. The molecule has 0 amide bonds. The van der Waals surface area contributed by atoms with Gasteiger partial charge in [-0.15, -0.1) is 0 Å². The second-order valence-corrected chi connectivity index (χ2v) is 7.42. The normalized spacial score (nSPS) is 18.7. The van der Waals surface area contributed by atoms with E-state index in [4.69, 9.17) is 0 Å². The second kappa shape index (κ2) is 8.37. The number of nitrogens with zero attached hydrogens (tertiary/aromatic N) is 3. The van der Waals surface area contributed by atoms with Crippen molar-refractivity contribution in [3.8, 4) is 0 Å². The van der Waals surface area contributed by atoms with Crippen LogP contribution in [0.4, 0.5) is 4.39 Å². The van der Waals surface area contributed by atoms with Gasteiger partial charge in [-0.25, -0.2) is 4.39 Å². The fourth-order valence-corrected chi connectivity index (χ4v) is 4.37. The van der Waals surface area contributed by atoms with Crippen LogP contribution in [0.2, 0.25) is 0 Å². The molecule has 1 fully saturated rings. The van der Waals surface area contributed by atoms with Crippen molar-refractivity contribution >= 4 is 0 Å². The van der Waals surface area contributed by atoms with Gasteiger partial charge in [-0.05, 0) is 49.2 Å². The fraction of sp³-hybridized carbons (Fsp3) is 0.304. The fourth-order valence-electron chi connectivity index (χ4n) is 4.37. The van der Waals surface area contributed by atoms with Crippen molar-refractivity contribution < 1.29 is 14.6 Å². The largest absolute Gasteiger partial charge is 0.395 e. The lowest BCUT2D eigenvalue weighted by Crippen LogP contribution is -2.48. The molecule has 150 valence electrons. The van der Waals surface area contributed by atoms with Gasteiger partial charge in [0, 0.05) is 42.0 Å². The van der Waals surface area contributed by atoms with Gasteiger partial charge >= 0.3 is 0 Å². The van der Waals surface area contributed by atoms with E-state index in [1.165, 1.54) is 12.1 Å². The first-order valence-electron chi connectivity index (χ1n) is 9.80. The molecule has 0 aliphatic carbocycles. The number of benzene rings is 1. The highest BCUT2D eigenvalue weighted by Crippen LogP contribution is 2.46. The standard InChI is InChI=1S/C23H24FN3O2/c24-20-9-7-17(8-10-20)22(27-13-3-6-21(27)16-28)23(29,18-4-1-11-25-14-18)19-5-2-12-26-15-19/h1-2,4-5,7-12,14-15,21-22,28-29H,3,6,13,16H2. The Hall–Kier alpha value is -2.67. The Kier molecular flexibility index (Phi) is 5.67. The van der Waals surface area contributed by atoms with Crippen molar-refractivity contribution in [2.24, 2.45) is 0 Å². The molecule has 2 N–H and O–H groups in total. The number of aliphatic hydroxyl groups is 2. The Bertz CT molecular complexity index is 882. The van der Waals surface area contributed by atoms with Gasteiger partial charge in [0.05, 0.1) is 12.6 Å². The second-order valence-electron chi connectivity index (χ2n) is 7.42. The van der Waals surface area contributed by atoms with Crippen LogP contribution in [0.25, 0.3) is 0 Å². The number of likely N-dealkylation sites (tertiary alicyclic amines) is 1. The lowest BCUT2D eigenvalue weighted by molar-refractivity contribution is -0.0361. The van der Waals surface area contributed by atoms with Gasteiger partial charge < -0.3 is 10.2 Å². The lowest BCUT2D eigenvalue weighted by Gasteiger charge is -2.44. The van der Waals surface area contributed by atoms with Crippen LogP contribution in [-0.2, 0) is 5.60 Å². The monoisotopic (exact) mass is 393 g/mol. The summed E-state index contributed by atoms with van der Waals surface area (Å²) in [5.41, 5.74) is 0.511. The van der Waals surface area contributed by atoms with Crippen LogP contribution in [-0.4, -0.2) is 44.3 Å². The molecule has 29 heavy (non-hydrogen) atoms. The minimum Gasteiger partial charge on any atom is -0.395 e. The third-order valence-electron chi connectivity index (χ3n) is 5.75. The number of aromatic nitrogens is 2. The molecular formula is C23H24FN3O2. The van der Waals surface area contributed by atoms with Crippen LogP contribution in [0.15, 0.2) is 73.3 Å². The maximum absolute atomic E-state index is 13.7. The van der Waals surface area contributed by atoms with Gasteiger partial charge in [0.15, 0.2) is 0 Å². The third kappa shape index (κ3) is 3.67. The summed E-state index contributed by atoms with van der Waals surface area (Å²) in [4.78, 5) is 10.6. The quantitative estimate of drug-likeness (QED) is 0.674. The van der Waals surface area contributed by atoms with E-state index in [0.717, 1.165) is 24.9 Å². The van der Waals surface area contributed by atoms with E-state index in [2.05, 4.69) is 14.9 Å². The van der Waals surface area contributed by atoms with Crippen molar-refractivity contribution in [1.82, 2.24) is 14.9 Å². The number of hydrogen-bond donors (Lipinski definition) is 2. The van der Waals surface area contributed by atoms with E-state index in [1.807, 2.05) is 12.1 Å². The predicted molar refractivity (Wildman–Crippen MR) is 107 cm³/mol. The van der Waals surface area contributed by atoms with Crippen molar-refractivity contribution in [2.45, 2.75) is 30.5 Å². The maximum atomic E-state index is 13.7. The Balaban J connectivity index is 1.94. The number of hydrogen-bond acceptors (Lipinski definition) is 5. The molecule has 6 heteroatoms. The summed E-state index contributed by atoms with van der Waals surface area (Å²) in [7, 11) is 0. The first-order chi connectivity index (χ1) is 14.1. The van der Waals surface area contributed by atoms with Crippen LogP contribution in [0.1, 0.15) is 35.6 Å². The van der Waals surface area contributed by atoms with Gasteiger partial charge in [0.25, 0.3) is 0 Å². The highest BCUT2D eigenvalue weighted by molar-refractivity contribution is 5.40. The molecule has 0 bridgehead atoms. The summed E-state index contributed by atoms with van der Waals surface area (Å²) in [6.45, 7) is 0.712. The first kappa shape index (κ1) is 19.6. The van der Waals surface area contributed by atoms with Crippen LogP contribution < -0.4 is 0 Å². The summed E-state index contributed by atoms with van der Waals surface area (Å²) >= 11 is 0. The summed E-state index contributed by atoms with van der Waals surface area (Å²) in [6, 6.07) is 12.8. The zero-order valence-corrected chi connectivity index (χ0v) is 16.0. The number of aliphatic hydroxyl groups excluding tert-OH is 1. The van der Waals surface area contributed by atoms with Crippen LogP contribution in [0.5, 0.6) is 0 Å². The molecule has 4 rings (SSSR count). The average molecular weight is 393 g/mol.